The summed E-state index contributed by atoms with van der Waals surface area (Å²) in [5.41, 5.74) is 4.30. The summed E-state index contributed by atoms with van der Waals surface area (Å²) in [5, 5.41) is 20.1. The fourth-order valence-corrected chi connectivity index (χ4v) is 4.08. The molecule has 1 amide bonds. The Labute approximate surface area is 176 Å². The Balaban J connectivity index is 1.33. The number of rotatable bonds is 6. The number of aromatic nitrogens is 3. The van der Waals surface area contributed by atoms with Crippen molar-refractivity contribution >= 4 is 6.09 Å². The van der Waals surface area contributed by atoms with Gasteiger partial charge in [0.05, 0.1) is 23.6 Å². The number of nitrogens with one attached hydrogen (secondary N) is 1. The standard InChI is InChI=1S/C23H27N5O2/c1-17(24-23(29)30)19-6-5-7-20(14-19)18-10-12-27(13-11-18)15-21-16-28(26-25-21)22-8-3-2-4-9-22/h2-9,14,16-18,24H,10-13,15H2,1H3,(H,29,30). The van der Waals surface area contributed by atoms with Gasteiger partial charge in [-0.15, -0.1) is 5.10 Å². The Morgan fingerprint density at radius 3 is 2.67 bits per heavy atom. The molecule has 2 N–H and O–H groups in total. The molecule has 0 radical (unpaired) electrons. The minimum Gasteiger partial charge on any atom is -0.465 e. The monoisotopic (exact) mass is 405 g/mol. The quantitative estimate of drug-likeness (QED) is 0.648. The third kappa shape index (κ3) is 4.86. The van der Waals surface area contributed by atoms with Gasteiger partial charge in [-0.1, -0.05) is 47.7 Å². The fourth-order valence-electron chi connectivity index (χ4n) is 4.08. The van der Waals surface area contributed by atoms with Gasteiger partial charge >= 0.3 is 6.09 Å². The first-order valence-corrected chi connectivity index (χ1v) is 10.4. The van der Waals surface area contributed by atoms with E-state index in [0.717, 1.165) is 49.4 Å². The average molecular weight is 406 g/mol. The highest BCUT2D eigenvalue weighted by molar-refractivity contribution is 5.65. The van der Waals surface area contributed by atoms with Gasteiger partial charge in [-0.05, 0) is 62.0 Å². The van der Waals surface area contributed by atoms with Crippen molar-refractivity contribution in [2.24, 2.45) is 0 Å². The van der Waals surface area contributed by atoms with Crippen LogP contribution in [0.4, 0.5) is 4.79 Å². The van der Waals surface area contributed by atoms with E-state index in [1.165, 1.54) is 5.56 Å². The van der Waals surface area contributed by atoms with Crippen molar-refractivity contribution in [3.05, 3.63) is 77.6 Å². The van der Waals surface area contributed by atoms with Crippen LogP contribution in [0.3, 0.4) is 0 Å². The number of carbonyl (C=O) groups is 1. The number of hydrogen-bond donors (Lipinski definition) is 2. The molecule has 156 valence electrons. The molecule has 30 heavy (non-hydrogen) atoms. The van der Waals surface area contributed by atoms with E-state index in [1.807, 2.05) is 60.3 Å². The molecular weight excluding hydrogens is 378 g/mol. The molecule has 7 heteroatoms. The maximum absolute atomic E-state index is 10.9. The second-order valence-electron chi connectivity index (χ2n) is 7.88. The van der Waals surface area contributed by atoms with Crippen LogP contribution in [0.5, 0.6) is 0 Å². The highest BCUT2D eigenvalue weighted by atomic mass is 16.4. The van der Waals surface area contributed by atoms with Gasteiger partial charge in [0, 0.05) is 6.54 Å². The molecule has 1 unspecified atom stereocenters. The number of piperidine rings is 1. The fraction of sp³-hybridized carbons (Fsp3) is 0.348. The summed E-state index contributed by atoms with van der Waals surface area (Å²) in [6.07, 6.45) is 3.17. The van der Waals surface area contributed by atoms with Gasteiger partial charge in [-0.25, -0.2) is 9.48 Å². The first kappa shape index (κ1) is 20.1. The zero-order valence-electron chi connectivity index (χ0n) is 17.1. The second-order valence-corrected chi connectivity index (χ2v) is 7.88. The highest BCUT2D eigenvalue weighted by Gasteiger charge is 2.22. The Morgan fingerprint density at radius 1 is 1.17 bits per heavy atom. The van der Waals surface area contributed by atoms with Crippen LogP contribution in [0.15, 0.2) is 60.8 Å². The molecule has 4 rings (SSSR count). The lowest BCUT2D eigenvalue weighted by Gasteiger charge is -2.32. The van der Waals surface area contributed by atoms with Crippen molar-refractivity contribution in [1.82, 2.24) is 25.2 Å². The van der Waals surface area contributed by atoms with Gasteiger partial charge in [0.1, 0.15) is 0 Å². The molecule has 0 spiro atoms. The maximum Gasteiger partial charge on any atom is 0.405 e. The van der Waals surface area contributed by atoms with E-state index in [2.05, 4.69) is 32.7 Å². The van der Waals surface area contributed by atoms with E-state index in [1.54, 1.807) is 0 Å². The van der Waals surface area contributed by atoms with E-state index in [-0.39, 0.29) is 6.04 Å². The Kier molecular flexibility index (Phi) is 6.09. The number of para-hydroxylation sites is 1. The number of amides is 1. The first-order valence-electron chi connectivity index (χ1n) is 10.4. The predicted molar refractivity (Wildman–Crippen MR) is 115 cm³/mol. The topological polar surface area (TPSA) is 83.3 Å². The summed E-state index contributed by atoms with van der Waals surface area (Å²) in [6, 6.07) is 18.1. The van der Waals surface area contributed by atoms with Crippen LogP contribution in [-0.2, 0) is 6.54 Å². The summed E-state index contributed by atoms with van der Waals surface area (Å²) in [7, 11) is 0. The molecule has 0 bridgehead atoms. The molecule has 7 nitrogen and oxygen atoms in total. The van der Waals surface area contributed by atoms with Crippen molar-refractivity contribution in [2.75, 3.05) is 13.1 Å². The number of hydrogen-bond acceptors (Lipinski definition) is 4. The van der Waals surface area contributed by atoms with Gasteiger partial charge in [0.15, 0.2) is 0 Å². The van der Waals surface area contributed by atoms with Crippen molar-refractivity contribution in [2.45, 2.75) is 38.3 Å². The van der Waals surface area contributed by atoms with Crippen molar-refractivity contribution in [3.63, 3.8) is 0 Å². The Bertz CT molecular complexity index is 980. The predicted octanol–water partition coefficient (Wildman–Crippen LogP) is 3.98. The van der Waals surface area contributed by atoms with Crippen molar-refractivity contribution in [3.8, 4) is 5.69 Å². The van der Waals surface area contributed by atoms with Crippen LogP contribution >= 0.6 is 0 Å². The molecule has 1 aliphatic heterocycles. The first-order chi connectivity index (χ1) is 14.6. The third-order valence-electron chi connectivity index (χ3n) is 5.76. The zero-order valence-corrected chi connectivity index (χ0v) is 17.1. The van der Waals surface area contributed by atoms with Crippen LogP contribution in [-0.4, -0.2) is 44.2 Å². The van der Waals surface area contributed by atoms with E-state index >= 15 is 0 Å². The lowest BCUT2D eigenvalue weighted by molar-refractivity contribution is 0.191. The summed E-state index contributed by atoms with van der Waals surface area (Å²) < 4.78 is 1.82. The smallest absolute Gasteiger partial charge is 0.405 e. The van der Waals surface area contributed by atoms with Crippen LogP contribution in [0.25, 0.3) is 5.69 Å². The second kappa shape index (κ2) is 9.09. The lowest BCUT2D eigenvalue weighted by Crippen LogP contribution is -2.32. The Hall–Kier alpha value is -3.19. The molecule has 1 fully saturated rings. The number of likely N-dealkylation sites (tertiary alicyclic amines) is 1. The largest absolute Gasteiger partial charge is 0.465 e. The number of nitrogens with zero attached hydrogens (tertiary/aromatic N) is 4. The minimum atomic E-state index is -0.995. The summed E-state index contributed by atoms with van der Waals surface area (Å²) in [5.74, 6) is 0.498. The Morgan fingerprint density at radius 2 is 1.93 bits per heavy atom. The maximum atomic E-state index is 10.9. The molecule has 1 aromatic heterocycles. The SMILES string of the molecule is CC(NC(=O)O)c1cccc(C2CCN(Cc3cn(-c4ccccc4)nn3)CC2)c1. The van der Waals surface area contributed by atoms with Gasteiger partial charge in [-0.2, -0.15) is 0 Å². The summed E-state index contributed by atoms with van der Waals surface area (Å²) >= 11 is 0. The van der Waals surface area contributed by atoms with E-state index < -0.39 is 6.09 Å². The molecule has 2 heterocycles. The molecule has 2 aromatic carbocycles. The van der Waals surface area contributed by atoms with Crippen LogP contribution in [0.1, 0.15) is 48.5 Å². The summed E-state index contributed by atoms with van der Waals surface area (Å²) in [6.45, 7) is 4.70. The van der Waals surface area contributed by atoms with Crippen LogP contribution < -0.4 is 5.32 Å². The highest BCUT2D eigenvalue weighted by Crippen LogP contribution is 2.30. The molecule has 3 aromatic rings. The molecule has 1 saturated heterocycles. The lowest BCUT2D eigenvalue weighted by atomic mass is 9.88. The molecule has 1 aliphatic rings. The third-order valence-corrected chi connectivity index (χ3v) is 5.76. The minimum absolute atomic E-state index is 0.213. The van der Waals surface area contributed by atoms with E-state index in [4.69, 9.17) is 5.11 Å². The summed E-state index contributed by atoms with van der Waals surface area (Å²) in [4.78, 5) is 13.3. The average Bonchev–Trinajstić information content (AvgIpc) is 3.23. The van der Waals surface area contributed by atoms with Gasteiger partial charge in [0.25, 0.3) is 0 Å². The van der Waals surface area contributed by atoms with Crippen molar-refractivity contribution < 1.29 is 9.90 Å². The number of carboxylic acid groups (broad SMARTS) is 1. The van der Waals surface area contributed by atoms with E-state index in [0.29, 0.717) is 5.92 Å². The van der Waals surface area contributed by atoms with Gasteiger partial charge in [0.2, 0.25) is 0 Å². The molecular formula is C23H27N5O2. The number of benzene rings is 2. The van der Waals surface area contributed by atoms with Gasteiger partial charge in [-0.3, -0.25) is 4.90 Å². The van der Waals surface area contributed by atoms with Crippen LogP contribution in [0.2, 0.25) is 0 Å². The van der Waals surface area contributed by atoms with Crippen LogP contribution in [0, 0.1) is 0 Å². The molecule has 0 saturated carbocycles. The normalized spacial score (nSPS) is 16.3. The van der Waals surface area contributed by atoms with Crippen molar-refractivity contribution in [1.29, 1.82) is 0 Å². The molecule has 0 aliphatic carbocycles. The zero-order chi connectivity index (χ0) is 20.9. The molecule has 1 atom stereocenters. The van der Waals surface area contributed by atoms with Gasteiger partial charge < -0.3 is 10.4 Å². The van der Waals surface area contributed by atoms with E-state index in [9.17, 15) is 4.79 Å².